The normalized spacial score (nSPS) is 18.6. The summed E-state index contributed by atoms with van der Waals surface area (Å²) in [6.45, 7) is 6.08. The molecule has 1 unspecified atom stereocenters. The van der Waals surface area contributed by atoms with Gasteiger partial charge in [-0.1, -0.05) is 30.7 Å². The molecule has 0 saturated carbocycles. The van der Waals surface area contributed by atoms with Crippen molar-refractivity contribution in [2.45, 2.75) is 63.3 Å². The summed E-state index contributed by atoms with van der Waals surface area (Å²) in [5, 5.41) is 12.2. The number of rotatable bonds is 8. The minimum absolute atomic E-state index is 0.0539. The minimum atomic E-state index is -0.739. The fourth-order valence-electron chi connectivity index (χ4n) is 4.27. The Labute approximate surface area is 208 Å². The monoisotopic (exact) mass is 500 g/mol. The van der Waals surface area contributed by atoms with Gasteiger partial charge in [0.25, 0.3) is 0 Å². The number of thioether (sulfide) groups is 1. The van der Waals surface area contributed by atoms with Gasteiger partial charge in [-0.2, -0.15) is 0 Å². The van der Waals surface area contributed by atoms with Crippen molar-refractivity contribution in [3.8, 4) is 5.75 Å². The van der Waals surface area contributed by atoms with E-state index in [0.29, 0.717) is 23.0 Å². The summed E-state index contributed by atoms with van der Waals surface area (Å²) in [5.41, 5.74) is 2.05. The van der Waals surface area contributed by atoms with Crippen molar-refractivity contribution >= 4 is 40.4 Å². The summed E-state index contributed by atoms with van der Waals surface area (Å²) < 4.78 is 13.2. The summed E-state index contributed by atoms with van der Waals surface area (Å²) in [6, 6.07) is 13.5. The molecule has 180 valence electrons. The van der Waals surface area contributed by atoms with E-state index >= 15 is 0 Å². The van der Waals surface area contributed by atoms with Gasteiger partial charge in [0.15, 0.2) is 5.16 Å². The number of methoxy groups -OCH3 is 1. The number of halogens is 1. The zero-order chi connectivity index (χ0) is 24.5. The number of hydrogen-bond acceptors (Lipinski definition) is 6. The zero-order valence-corrected chi connectivity index (χ0v) is 21.4. The van der Waals surface area contributed by atoms with E-state index in [1.165, 1.54) is 0 Å². The van der Waals surface area contributed by atoms with Crippen LogP contribution in [0.5, 0.6) is 5.75 Å². The second-order valence-corrected chi connectivity index (χ2v) is 10.2. The van der Waals surface area contributed by atoms with E-state index in [9.17, 15) is 9.90 Å². The first-order valence-corrected chi connectivity index (χ1v) is 12.6. The highest BCUT2D eigenvalue weighted by Crippen LogP contribution is 2.42. The molecule has 0 spiro atoms. The average molecular weight is 501 g/mol. The predicted octanol–water partition coefficient (Wildman–Crippen LogP) is 6.87. The molecule has 4 rings (SSSR count). The van der Waals surface area contributed by atoms with Gasteiger partial charge in [-0.3, -0.25) is 0 Å². The smallest absolute Gasteiger partial charge is 0.349 e. The van der Waals surface area contributed by atoms with Crippen LogP contribution in [0.4, 0.5) is 0 Å². The van der Waals surface area contributed by atoms with Crippen LogP contribution in [0, 0.1) is 0 Å². The van der Waals surface area contributed by atoms with Crippen LogP contribution in [0.25, 0.3) is 11.0 Å². The Bertz CT molecular complexity index is 1240. The molecule has 2 heterocycles. The third-order valence-electron chi connectivity index (χ3n) is 6.25. The topological polar surface area (TPSA) is 73.6 Å². The van der Waals surface area contributed by atoms with Gasteiger partial charge in [0.1, 0.15) is 22.0 Å². The number of aryl methyl sites for hydroxylation is 1. The van der Waals surface area contributed by atoms with Crippen molar-refractivity contribution in [1.29, 1.82) is 0 Å². The number of ether oxygens (including phenoxy) is 2. The van der Waals surface area contributed by atoms with Crippen molar-refractivity contribution in [1.82, 2.24) is 9.55 Å². The largest absolute Gasteiger partial charge is 0.511 e. The van der Waals surface area contributed by atoms with Crippen LogP contribution in [0.1, 0.15) is 51.6 Å². The predicted molar refractivity (Wildman–Crippen MR) is 136 cm³/mol. The molecular weight excluding hydrogens is 472 g/mol. The van der Waals surface area contributed by atoms with E-state index in [-0.39, 0.29) is 23.1 Å². The Morgan fingerprint density at radius 1 is 1.26 bits per heavy atom. The third kappa shape index (κ3) is 4.91. The summed E-state index contributed by atoms with van der Waals surface area (Å²) >= 11 is 7.30. The van der Waals surface area contributed by atoms with Gasteiger partial charge in [-0.15, -0.1) is 0 Å². The third-order valence-corrected chi connectivity index (χ3v) is 7.56. The fraction of sp³-hybridized carbons (Fsp3) is 0.385. The Morgan fingerprint density at radius 3 is 2.62 bits per heavy atom. The summed E-state index contributed by atoms with van der Waals surface area (Å²) in [5.74, 6) is 0.346. The molecule has 2 aromatic carbocycles. The lowest BCUT2D eigenvalue weighted by Crippen LogP contribution is -2.39. The molecule has 1 aliphatic heterocycles. The molecule has 8 heteroatoms. The van der Waals surface area contributed by atoms with Gasteiger partial charge in [0.05, 0.1) is 18.1 Å². The summed E-state index contributed by atoms with van der Waals surface area (Å²) in [6.07, 6.45) is 2.23. The second kappa shape index (κ2) is 9.92. The van der Waals surface area contributed by atoms with E-state index in [2.05, 4.69) is 18.8 Å². The number of carbonyl (C=O) groups excluding carboxylic acids is 1. The maximum atomic E-state index is 13.1. The van der Waals surface area contributed by atoms with Crippen LogP contribution in [0.2, 0.25) is 5.02 Å². The molecule has 0 fully saturated rings. The Hall–Kier alpha value is -2.64. The highest BCUT2D eigenvalue weighted by molar-refractivity contribution is 8.03. The van der Waals surface area contributed by atoms with Crippen molar-refractivity contribution < 1.29 is 19.4 Å². The first-order chi connectivity index (χ1) is 16.2. The molecule has 0 aliphatic carbocycles. The van der Waals surface area contributed by atoms with Gasteiger partial charge in [-0.25, -0.2) is 9.78 Å². The molecule has 1 atom stereocenters. The summed E-state index contributed by atoms with van der Waals surface area (Å²) in [4.78, 5) is 18.0. The Morgan fingerprint density at radius 2 is 2.00 bits per heavy atom. The SMILES string of the molecule is CCC1(CCc2ccc(OC)cc2)CC(O)=C(Sc2nc3cc(Cl)ccc3n2C(C)C)C(=O)O1. The Kier molecular flexibility index (Phi) is 7.14. The Balaban J connectivity index is 1.57. The van der Waals surface area contributed by atoms with E-state index < -0.39 is 11.6 Å². The van der Waals surface area contributed by atoms with Crippen molar-refractivity contribution in [2.75, 3.05) is 7.11 Å². The van der Waals surface area contributed by atoms with Gasteiger partial charge < -0.3 is 19.1 Å². The molecule has 0 saturated heterocycles. The zero-order valence-electron chi connectivity index (χ0n) is 19.8. The number of aliphatic hydroxyl groups excluding tert-OH is 1. The first kappa shape index (κ1) is 24.5. The van der Waals surface area contributed by atoms with Crippen LogP contribution in [0.15, 0.2) is 58.3 Å². The molecule has 0 radical (unpaired) electrons. The number of esters is 1. The number of imidazole rings is 1. The quantitative estimate of drug-likeness (QED) is 0.340. The molecule has 1 aromatic heterocycles. The molecule has 3 aromatic rings. The number of carbonyl (C=O) groups is 1. The second-order valence-electron chi connectivity index (χ2n) is 8.82. The van der Waals surface area contributed by atoms with E-state index in [1.807, 2.05) is 47.9 Å². The first-order valence-electron chi connectivity index (χ1n) is 11.4. The van der Waals surface area contributed by atoms with Gasteiger partial charge in [0.2, 0.25) is 0 Å². The number of aromatic nitrogens is 2. The summed E-state index contributed by atoms with van der Waals surface area (Å²) in [7, 11) is 1.64. The lowest BCUT2D eigenvalue weighted by atomic mass is 9.86. The van der Waals surface area contributed by atoms with E-state index in [0.717, 1.165) is 40.5 Å². The van der Waals surface area contributed by atoms with Gasteiger partial charge in [0, 0.05) is 17.5 Å². The fourth-order valence-corrected chi connectivity index (χ4v) is 5.49. The number of hydrogen-bond donors (Lipinski definition) is 1. The van der Waals surface area contributed by atoms with Crippen molar-refractivity contribution in [3.63, 3.8) is 0 Å². The van der Waals surface area contributed by atoms with Crippen molar-refractivity contribution in [3.05, 3.63) is 63.7 Å². The number of fused-ring (bicyclic) bond motifs is 1. The highest BCUT2D eigenvalue weighted by Gasteiger charge is 2.41. The number of aliphatic hydroxyl groups is 1. The van der Waals surface area contributed by atoms with Gasteiger partial charge >= 0.3 is 5.97 Å². The molecule has 0 bridgehead atoms. The number of nitrogens with zero attached hydrogens (tertiary/aromatic N) is 2. The average Bonchev–Trinajstić information content (AvgIpc) is 3.17. The molecule has 1 N–H and O–H groups in total. The molecule has 6 nitrogen and oxygen atoms in total. The number of cyclic esters (lactones) is 1. The van der Waals surface area contributed by atoms with E-state index in [1.54, 1.807) is 13.2 Å². The van der Waals surface area contributed by atoms with Crippen LogP contribution in [-0.2, 0) is 16.0 Å². The van der Waals surface area contributed by atoms with E-state index in [4.69, 9.17) is 21.1 Å². The highest BCUT2D eigenvalue weighted by atomic mass is 35.5. The number of benzene rings is 2. The standard InChI is InChI=1S/C26H29ClN2O4S/c1-5-26(13-12-17-6-9-19(32-4)10-7-17)15-22(30)23(24(31)33-26)34-25-28-20-14-18(27)8-11-21(20)29(25)16(2)3/h6-11,14,16,30H,5,12-13,15H2,1-4H3. The van der Waals surface area contributed by atoms with Gasteiger partial charge in [-0.05, 0) is 80.8 Å². The van der Waals surface area contributed by atoms with Crippen LogP contribution in [-0.4, -0.2) is 33.3 Å². The molecule has 0 amide bonds. The van der Waals surface area contributed by atoms with Crippen LogP contribution >= 0.6 is 23.4 Å². The molecule has 1 aliphatic rings. The molecular formula is C26H29ClN2O4S. The van der Waals surface area contributed by atoms with Crippen LogP contribution in [0.3, 0.4) is 0 Å². The maximum Gasteiger partial charge on any atom is 0.349 e. The lowest BCUT2D eigenvalue weighted by Gasteiger charge is -2.36. The maximum absolute atomic E-state index is 13.1. The minimum Gasteiger partial charge on any atom is -0.511 e. The van der Waals surface area contributed by atoms with Crippen molar-refractivity contribution in [2.24, 2.45) is 0 Å². The lowest BCUT2D eigenvalue weighted by molar-refractivity contribution is -0.158. The molecule has 34 heavy (non-hydrogen) atoms. The van der Waals surface area contributed by atoms with Crippen LogP contribution < -0.4 is 4.74 Å².